The third-order valence-electron chi connectivity index (χ3n) is 8.16. The van der Waals surface area contributed by atoms with Crippen molar-refractivity contribution in [1.82, 2.24) is 20.5 Å². The number of carbonyl (C=O) groups is 4. The first-order valence-electron chi connectivity index (χ1n) is 16.1. The van der Waals surface area contributed by atoms with Crippen LogP contribution in [0.25, 0.3) is 10.9 Å². The third-order valence-corrected chi connectivity index (χ3v) is 8.16. The molecule has 1 fully saturated rings. The van der Waals surface area contributed by atoms with Gasteiger partial charge in [0.05, 0.1) is 12.0 Å². The summed E-state index contributed by atoms with van der Waals surface area (Å²) in [7, 11) is 0. The molecule has 3 amide bonds. The van der Waals surface area contributed by atoms with E-state index in [1.807, 2.05) is 60.8 Å². The lowest BCUT2D eigenvalue weighted by Crippen LogP contribution is -2.57. The number of aromatic nitrogens is 1. The van der Waals surface area contributed by atoms with E-state index < -0.39 is 34.6 Å². The molecule has 2 aromatic carbocycles. The molecule has 0 unspecified atom stereocenters. The molecule has 0 radical (unpaired) electrons. The molecule has 10 heteroatoms. The number of amides is 3. The maximum absolute atomic E-state index is 14.4. The van der Waals surface area contributed by atoms with Crippen LogP contribution in [-0.4, -0.2) is 70.6 Å². The predicted molar refractivity (Wildman–Crippen MR) is 177 cm³/mol. The summed E-state index contributed by atoms with van der Waals surface area (Å²) in [6.45, 7) is 11.4. The molecule has 1 aliphatic rings. The molecular weight excluding hydrogens is 584 g/mol. The minimum absolute atomic E-state index is 0.0787. The number of nitrogens with one attached hydrogen (secondary N) is 3. The van der Waals surface area contributed by atoms with Crippen molar-refractivity contribution in [2.75, 3.05) is 19.7 Å². The van der Waals surface area contributed by atoms with Crippen molar-refractivity contribution in [3.8, 4) is 0 Å². The largest absolute Gasteiger partial charge is 0.466 e. The molecule has 4 rings (SSSR count). The maximum Gasteiger partial charge on any atom is 0.408 e. The van der Waals surface area contributed by atoms with E-state index in [2.05, 4.69) is 15.6 Å². The van der Waals surface area contributed by atoms with Gasteiger partial charge < -0.3 is 30.0 Å². The SMILES string of the molecule is CCOC(=O)[C@]1(Cc2ccccc2)CCCN(C(=O)[C@@H](Cc2c[nH]c3ccccc23)NC(=O)CC(C)(C)NC(=O)OC(C)(C)C)C1. The molecule has 46 heavy (non-hydrogen) atoms. The summed E-state index contributed by atoms with van der Waals surface area (Å²) < 4.78 is 10.9. The van der Waals surface area contributed by atoms with E-state index in [1.165, 1.54) is 0 Å². The molecule has 248 valence electrons. The van der Waals surface area contributed by atoms with E-state index in [4.69, 9.17) is 9.47 Å². The summed E-state index contributed by atoms with van der Waals surface area (Å²) in [5.74, 6) is -0.973. The highest BCUT2D eigenvalue weighted by Gasteiger charge is 2.46. The van der Waals surface area contributed by atoms with Gasteiger partial charge in [0, 0.05) is 48.6 Å². The standard InChI is InChI=1S/C36H48N4O6/c1-7-45-32(43)36(21-25-14-9-8-10-15-25)18-13-19-40(24-36)31(42)29(20-26-23-37-28-17-12-11-16-27(26)28)38-30(41)22-35(5,6)39-33(44)46-34(2,3)4/h8-12,14-17,23,29,37H,7,13,18-22,24H2,1-6H3,(H,38,41)(H,39,44)/t29-,36+/m1/s1. The average Bonchev–Trinajstić information content (AvgIpc) is 3.38. The second-order valence-corrected chi connectivity index (χ2v) is 13.9. The van der Waals surface area contributed by atoms with Crippen LogP contribution in [0.2, 0.25) is 0 Å². The number of hydrogen-bond acceptors (Lipinski definition) is 6. The molecule has 3 N–H and O–H groups in total. The van der Waals surface area contributed by atoms with Crippen molar-refractivity contribution in [3.63, 3.8) is 0 Å². The first-order valence-corrected chi connectivity index (χ1v) is 16.1. The number of esters is 1. The van der Waals surface area contributed by atoms with Gasteiger partial charge in [0.2, 0.25) is 11.8 Å². The lowest BCUT2D eigenvalue weighted by atomic mass is 9.75. The number of ether oxygens (including phenoxy) is 2. The molecular formula is C36H48N4O6. The van der Waals surface area contributed by atoms with Crippen molar-refractivity contribution in [2.24, 2.45) is 5.41 Å². The summed E-state index contributed by atoms with van der Waals surface area (Å²) in [6.07, 6.45) is 3.06. The van der Waals surface area contributed by atoms with Crippen LogP contribution in [0.4, 0.5) is 4.79 Å². The van der Waals surface area contributed by atoms with Gasteiger partial charge in [-0.3, -0.25) is 14.4 Å². The van der Waals surface area contributed by atoms with Crippen LogP contribution < -0.4 is 10.6 Å². The first-order chi connectivity index (χ1) is 21.7. The Balaban J connectivity index is 1.58. The highest BCUT2D eigenvalue weighted by molar-refractivity contribution is 5.91. The zero-order valence-electron chi connectivity index (χ0n) is 27.9. The van der Waals surface area contributed by atoms with Crippen LogP contribution >= 0.6 is 0 Å². The van der Waals surface area contributed by atoms with Crippen molar-refractivity contribution in [3.05, 3.63) is 71.9 Å². The van der Waals surface area contributed by atoms with Crippen LogP contribution in [0.15, 0.2) is 60.8 Å². The highest BCUT2D eigenvalue weighted by Crippen LogP contribution is 2.36. The molecule has 0 aliphatic carbocycles. The van der Waals surface area contributed by atoms with Gasteiger partial charge in [0.15, 0.2) is 0 Å². The molecule has 0 spiro atoms. The van der Waals surface area contributed by atoms with E-state index in [-0.39, 0.29) is 37.9 Å². The van der Waals surface area contributed by atoms with Crippen molar-refractivity contribution in [1.29, 1.82) is 0 Å². The van der Waals surface area contributed by atoms with Gasteiger partial charge in [-0.25, -0.2) is 4.79 Å². The highest BCUT2D eigenvalue weighted by atomic mass is 16.6. The molecule has 3 aromatic rings. The number of alkyl carbamates (subject to hydrolysis) is 1. The fraction of sp³-hybridized carbons (Fsp3) is 0.500. The van der Waals surface area contributed by atoms with E-state index in [0.717, 1.165) is 22.0 Å². The van der Waals surface area contributed by atoms with Gasteiger partial charge in [-0.1, -0.05) is 48.5 Å². The molecule has 10 nitrogen and oxygen atoms in total. The fourth-order valence-corrected chi connectivity index (χ4v) is 6.19. The van der Waals surface area contributed by atoms with E-state index in [9.17, 15) is 19.2 Å². The number of piperidine rings is 1. The molecule has 2 heterocycles. The number of hydrogen-bond donors (Lipinski definition) is 3. The van der Waals surface area contributed by atoms with Gasteiger partial charge in [0.25, 0.3) is 0 Å². The minimum Gasteiger partial charge on any atom is -0.466 e. The lowest BCUT2D eigenvalue weighted by Gasteiger charge is -2.42. The number of carbonyl (C=O) groups excluding carboxylic acids is 4. The Morgan fingerprint density at radius 3 is 2.39 bits per heavy atom. The summed E-state index contributed by atoms with van der Waals surface area (Å²) in [4.78, 5) is 58.8. The molecule has 2 atom stereocenters. The number of nitrogens with zero attached hydrogens (tertiary/aromatic N) is 1. The second-order valence-electron chi connectivity index (χ2n) is 13.9. The number of aromatic amines is 1. The lowest BCUT2D eigenvalue weighted by molar-refractivity contribution is -0.161. The summed E-state index contributed by atoms with van der Waals surface area (Å²) in [6, 6.07) is 16.7. The Labute approximate surface area is 271 Å². The summed E-state index contributed by atoms with van der Waals surface area (Å²) >= 11 is 0. The predicted octanol–water partition coefficient (Wildman–Crippen LogP) is 5.30. The number of H-pyrrole nitrogens is 1. The Kier molecular flexibility index (Phi) is 10.8. The van der Waals surface area contributed by atoms with Crippen LogP contribution in [0.1, 0.15) is 71.9 Å². The number of likely N-dealkylation sites (tertiary alicyclic amines) is 1. The Hall–Kier alpha value is -4.34. The van der Waals surface area contributed by atoms with Crippen LogP contribution in [0, 0.1) is 5.41 Å². The minimum atomic E-state index is -0.944. The third kappa shape index (κ3) is 9.11. The van der Waals surface area contributed by atoms with Gasteiger partial charge in [-0.05, 0) is 78.0 Å². The monoisotopic (exact) mass is 632 g/mol. The zero-order valence-corrected chi connectivity index (χ0v) is 27.9. The number of rotatable bonds is 11. The van der Waals surface area contributed by atoms with Crippen LogP contribution in [0.5, 0.6) is 0 Å². The zero-order chi connectivity index (χ0) is 33.5. The molecule has 0 saturated carbocycles. The number of para-hydroxylation sites is 1. The van der Waals surface area contributed by atoms with Gasteiger partial charge in [-0.2, -0.15) is 0 Å². The quantitative estimate of drug-likeness (QED) is 0.246. The average molecular weight is 633 g/mol. The van der Waals surface area contributed by atoms with Crippen molar-refractivity contribution >= 4 is 34.8 Å². The van der Waals surface area contributed by atoms with Crippen molar-refractivity contribution < 1.29 is 28.7 Å². The van der Waals surface area contributed by atoms with Gasteiger partial charge in [-0.15, -0.1) is 0 Å². The smallest absolute Gasteiger partial charge is 0.408 e. The topological polar surface area (TPSA) is 130 Å². The number of benzene rings is 2. The molecule has 0 bridgehead atoms. The maximum atomic E-state index is 14.4. The molecule has 1 saturated heterocycles. The first kappa shape index (κ1) is 34.5. The van der Waals surface area contributed by atoms with Crippen LogP contribution in [-0.2, 0) is 36.7 Å². The Bertz CT molecular complexity index is 1530. The normalized spacial score (nSPS) is 17.7. The second kappa shape index (κ2) is 14.4. The summed E-state index contributed by atoms with van der Waals surface area (Å²) in [5, 5.41) is 6.70. The van der Waals surface area contributed by atoms with Gasteiger partial charge in [0.1, 0.15) is 11.6 Å². The molecule has 1 aliphatic heterocycles. The van der Waals surface area contributed by atoms with E-state index in [0.29, 0.717) is 25.8 Å². The van der Waals surface area contributed by atoms with E-state index in [1.54, 1.807) is 46.4 Å². The Morgan fingerprint density at radius 1 is 1.00 bits per heavy atom. The summed E-state index contributed by atoms with van der Waals surface area (Å²) in [5.41, 5.74) is 0.277. The molecule has 1 aromatic heterocycles. The van der Waals surface area contributed by atoms with Gasteiger partial charge >= 0.3 is 12.1 Å². The Morgan fingerprint density at radius 2 is 1.70 bits per heavy atom. The van der Waals surface area contributed by atoms with E-state index >= 15 is 0 Å². The number of fused-ring (bicyclic) bond motifs is 1. The fourth-order valence-electron chi connectivity index (χ4n) is 6.19. The van der Waals surface area contributed by atoms with Crippen LogP contribution in [0.3, 0.4) is 0 Å². The van der Waals surface area contributed by atoms with Crippen molar-refractivity contribution in [2.45, 2.75) is 90.8 Å².